The molecule has 0 amide bonds. The minimum absolute atomic E-state index is 0.708. The molecule has 0 aliphatic heterocycles. The lowest BCUT2D eigenvalue weighted by molar-refractivity contribution is 1.13. The summed E-state index contributed by atoms with van der Waals surface area (Å²) in [5.74, 6) is 0.708. The van der Waals surface area contributed by atoms with Gasteiger partial charge in [-0.05, 0) is 98.8 Å². The first-order valence-corrected chi connectivity index (χ1v) is 27.8. The van der Waals surface area contributed by atoms with E-state index in [0.717, 1.165) is 50.6 Å². The molecule has 3 heterocycles. The smallest absolute Gasteiger partial charge is 0.160 e. The Morgan fingerprint density at radius 2 is 0.854 bits per heavy atom. The van der Waals surface area contributed by atoms with Crippen molar-refractivity contribution in [2.75, 3.05) is 0 Å². The Labute approximate surface area is 487 Å². The lowest BCUT2D eigenvalue weighted by Crippen LogP contribution is -1.96. The monoisotopic (exact) mass is 1070 g/mol. The van der Waals surface area contributed by atoms with Gasteiger partial charge in [0.2, 0.25) is 0 Å². The largest absolute Gasteiger partial charge is 0.317 e. The molecule has 0 bridgehead atoms. The van der Waals surface area contributed by atoms with Crippen molar-refractivity contribution in [2.45, 2.75) is 41.5 Å². The highest BCUT2D eigenvalue weighted by molar-refractivity contribution is 6.20. The van der Waals surface area contributed by atoms with Crippen molar-refractivity contribution in [3.05, 3.63) is 330 Å². The highest BCUT2D eigenvalue weighted by Gasteiger charge is 2.17. The van der Waals surface area contributed by atoms with Gasteiger partial charge in [-0.3, -0.25) is 0 Å². The van der Waals surface area contributed by atoms with Crippen molar-refractivity contribution < 1.29 is 0 Å². The van der Waals surface area contributed by atoms with Crippen LogP contribution in [-0.2, 0) is 0 Å². The molecule has 4 heteroatoms. The minimum atomic E-state index is 0.708. The van der Waals surface area contributed by atoms with Crippen LogP contribution in [0.4, 0.5) is 0 Å². The van der Waals surface area contributed by atoms with Gasteiger partial charge in [-0.2, -0.15) is 0 Å². The van der Waals surface area contributed by atoms with Gasteiger partial charge in [0, 0.05) is 55.8 Å². The molecule has 12 rings (SSSR count). The summed E-state index contributed by atoms with van der Waals surface area (Å²) in [6.45, 7) is 28.9. The van der Waals surface area contributed by atoms with Gasteiger partial charge in [-0.15, -0.1) is 6.58 Å². The summed E-state index contributed by atoms with van der Waals surface area (Å²) in [6, 6.07) is 81.3. The van der Waals surface area contributed by atoms with Gasteiger partial charge in [0.05, 0.1) is 27.9 Å². The molecule has 0 N–H and O–H groups in total. The summed E-state index contributed by atoms with van der Waals surface area (Å²) < 4.78 is 4.71. The molecule has 0 unspecified atom stereocenters. The van der Waals surface area contributed by atoms with Crippen LogP contribution < -0.4 is 0 Å². The number of aryl methyl sites for hydroxylation is 1. The number of hydrogen-bond acceptors (Lipinski definition) is 2. The number of aromatic nitrogens is 4. The first-order chi connectivity index (χ1) is 40.3. The van der Waals surface area contributed by atoms with E-state index in [4.69, 9.17) is 9.97 Å². The fraction of sp³-hybridized carbons (Fsp3) is 0.0769. The van der Waals surface area contributed by atoms with Gasteiger partial charge in [0.1, 0.15) is 0 Å². The zero-order chi connectivity index (χ0) is 58.5. The Hall–Kier alpha value is -10.2. The van der Waals surface area contributed by atoms with E-state index in [9.17, 15) is 0 Å². The molecule has 408 valence electrons. The lowest BCUT2D eigenvalue weighted by Gasteiger charge is -2.12. The first-order valence-electron chi connectivity index (χ1n) is 27.8. The molecule has 12 aromatic rings. The normalized spacial score (nSPS) is 10.2. The van der Waals surface area contributed by atoms with Crippen LogP contribution in [0.1, 0.15) is 40.2 Å². The molecule has 0 spiro atoms. The van der Waals surface area contributed by atoms with Gasteiger partial charge in [-0.25, -0.2) is 9.97 Å². The number of para-hydroxylation sites is 2. The molecule has 9 aromatic carbocycles. The predicted octanol–water partition coefficient (Wildman–Crippen LogP) is 22.4. The Morgan fingerprint density at radius 3 is 1.33 bits per heavy atom. The van der Waals surface area contributed by atoms with Gasteiger partial charge in [-0.1, -0.05) is 276 Å². The molecule has 0 atom stereocenters. The third-order valence-electron chi connectivity index (χ3n) is 12.7. The van der Waals surface area contributed by atoms with Crippen LogP contribution in [0, 0.1) is 6.92 Å². The van der Waals surface area contributed by atoms with Crippen molar-refractivity contribution in [3.63, 3.8) is 0 Å². The summed E-state index contributed by atoms with van der Waals surface area (Å²) in [6.07, 6.45) is 18.4. The molecular weight excluding hydrogens is 993 g/mol. The minimum Gasteiger partial charge on any atom is -0.317 e. The Kier molecular flexibility index (Phi) is 24.3. The van der Waals surface area contributed by atoms with Crippen LogP contribution in [-0.4, -0.2) is 19.1 Å². The van der Waals surface area contributed by atoms with Gasteiger partial charge in [0.15, 0.2) is 5.82 Å². The first kappa shape index (κ1) is 61.1. The molecule has 0 radical (unpaired) electrons. The van der Waals surface area contributed by atoms with E-state index >= 15 is 0 Å². The van der Waals surface area contributed by atoms with Crippen LogP contribution in [0.25, 0.3) is 99.9 Å². The standard InChI is InChI=1S/C52H34N4.C7H8.2C5H8.C4H6.C3H6.C2H6/c1-4-12-37(13-5-1)47-34-48(38-14-6-2-7-15-38)54-52(53-47)39-22-20-35(21-23-39)36-24-27-43(28-25-36)56-49-19-11-10-18-44(49)45-29-26-40-33-50-41(32-46(40)51(45)56)30-31-55(50)42-16-8-3-9-17-42;1-7-5-3-2-4-6-7;2*1-3-5-4-2;1-3-4-2;1-3-2;1-2/h1-34H;2-6H,1H3;2*3-5H,1H2,2H3;3-4H,1-2H2;3H,1H2,2H3;1-2H3/b;;2*5-4-;;;. The molecule has 0 saturated heterocycles. The summed E-state index contributed by atoms with van der Waals surface area (Å²) in [4.78, 5) is 10.1. The van der Waals surface area contributed by atoms with Gasteiger partial charge >= 0.3 is 0 Å². The van der Waals surface area contributed by atoms with E-state index in [-0.39, 0.29) is 0 Å². The van der Waals surface area contributed by atoms with E-state index in [1.54, 1.807) is 30.4 Å². The van der Waals surface area contributed by atoms with Crippen LogP contribution >= 0.6 is 0 Å². The molecular formula is C78H76N4. The van der Waals surface area contributed by atoms with Crippen molar-refractivity contribution in [3.8, 4) is 56.4 Å². The van der Waals surface area contributed by atoms with E-state index in [0.29, 0.717) is 5.82 Å². The number of hydrogen-bond donors (Lipinski definition) is 0. The van der Waals surface area contributed by atoms with E-state index in [1.165, 1.54) is 49.0 Å². The average molecular weight is 1070 g/mol. The quantitative estimate of drug-likeness (QED) is 0.107. The summed E-state index contributed by atoms with van der Waals surface area (Å²) in [5.41, 5.74) is 14.4. The predicted molar refractivity (Wildman–Crippen MR) is 361 cm³/mol. The zero-order valence-corrected chi connectivity index (χ0v) is 48.5. The highest BCUT2D eigenvalue weighted by Crippen LogP contribution is 2.39. The SMILES string of the molecule is C=C/C=C\C.C=C/C=C\C.C=CC.C=CC=C.CC.Cc1ccccc1.c1ccc(-c2cc(-c3ccccc3)nc(-c3ccc(-c4ccc(-n5c6ccccc6c6ccc7cc8c(ccn8-c8ccccc8)cc7c65)cc4)cc3)n2)cc1. The number of rotatable bonds is 9. The van der Waals surface area contributed by atoms with E-state index in [2.05, 4.69) is 231 Å². The maximum absolute atomic E-state index is 5.03. The Bertz CT molecular complexity index is 3890. The third kappa shape index (κ3) is 16.0. The van der Waals surface area contributed by atoms with Crippen molar-refractivity contribution >= 4 is 43.5 Å². The number of allylic oxidation sites excluding steroid dienone is 9. The second-order valence-electron chi connectivity index (χ2n) is 18.3. The topological polar surface area (TPSA) is 35.6 Å². The second-order valence-corrected chi connectivity index (χ2v) is 18.3. The Morgan fingerprint density at radius 1 is 0.378 bits per heavy atom. The number of benzene rings is 9. The Balaban J connectivity index is 0.000000349. The maximum Gasteiger partial charge on any atom is 0.160 e. The van der Waals surface area contributed by atoms with Crippen LogP contribution in [0.15, 0.2) is 324 Å². The summed E-state index contributed by atoms with van der Waals surface area (Å²) in [5, 5.41) is 6.18. The fourth-order valence-corrected chi connectivity index (χ4v) is 9.01. The molecule has 0 aliphatic carbocycles. The van der Waals surface area contributed by atoms with E-state index < -0.39 is 0 Å². The average Bonchev–Trinajstić information content (AvgIpc) is 4.17. The molecule has 4 nitrogen and oxygen atoms in total. The van der Waals surface area contributed by atoms with Crippen LogP contribution in [0.5, 0.6) is 0 Å². The van der Waals surface area contributed by atoms with Crippen molar-refractivity contribution in [1.29, 1.82) is 0 Å². The van der Waals surface area contributed by atoms with Gasteiger partial charge in [0.25, 0.3) is 0 Å². The third-order valence-corrected chi connectivity index (χ3v) is 12.7. The van der Waals surface area contributed by atoms with Gasteiger partial charge < -0.3 is 9.13 Å². The zero-order valence-electron chi connectivity index (χ0n) is 48.5. The molecule has 0 aliphatic rings. The lowest BCUT2D eigenvalue weighted by atomic mass is 10.0. The van der Waals surface area contributed by atoms with Crippen molar-refractivity contribution in [1.82, 2.24) is 19.1 Å². The number of nitrogens with zero attached hydrogens (tertiary/aromatic N) is 4. The fourth-order valence-electron chi connectivity index (χ4n) is 9.01. The highest BCUT2D eigenvalue weighted by atomic mass is 15.0. The second kappa shape index (κ2) is 32.7. The molecule has 0 saturated carbocycles. The molecule has 82 heavy (non-hydrogen) atoms. The van der Waals surface area contributed by atoms with Crippen LogP contribution in [0.3, 0.4) is 0 Å². The van der Waals surface area contributed by atoms with E-state index in [1.807, 2.05) is 114 Å². The maximum atomic E-state index is 5.03. The summed E-state index contributed by atoms with van der Waals surface area (Å²) >= 11 is 0. The molecule has 0 fully saturated rings. The van der Waals surface area contributed by atoms with Crippen molar-refractivity contribution in [2.24, 2.45) is 0 Å². The molecule has 3 aromatic heterocycles. The summed E-state index contributed by atoms with van der Waals surface area (Å²) in [7, 11) is 0. The van der Waals surface area contributed by atoms with Crippen LogP contribution in [0.2, 0.25) is 0 Å². The number of fused-ring (bicyclic) bond motifs is 6.